The van der Waals surface area contributed by atoms with Crippen molar-refractivity contribution in [2.24, 2.45) is 5.92 Å². The highest BCUT2D eigenvalue weighted by atomic mass is 19.4. The summed E-state index contributed by atoms with van der Waals surface area (Å²) in [6.07, 6.45) is -1.41. The molecule has 2 atom stereocenters. The second-order valence-corrected chi connectivity index (χ2v) is 7.62. The fourth-order valence-electron chi connectivity index (χ4n) is 3.94. The van der Waals surface area contributed by atoms with Gasteiger partial charge in [-0.2, -0.15) is 13.2 Å². The number of hydrogen-bond acceptors (Lipinski definition) is 5. The number of fused-ring (bicyclic) bond motifs is 1. The molecule has 0 aromatic rings. The van der Waals surface area contributed by atoms with Crippen molar-refractivity contribution >= 4 is 18.2 Å². The van der Waals surface area contributed by atoms with Gasteiger partial charge in [-0.15, -0.1) is 0 Å². The third kappa shape index (κ3) is 5.40. The SMILES string of the molecule is N=C/C(=C\NCC1CCN(C(=O)N2CCC3OCC(=O)N[C@@H]3C2)CC1)C(F)(F)F. The van der Waals surface area contributed by atoms with Crippen molar-refractivity contribution in [1.82, 2.24) is 20.4 Å². The monoisotopic (exact) mass is 417 g/mol. The van der Waals surface area contributed by atoms with Crippen LogP contribution in [0.4, 0.5) is 18.0 Å². The Labute approximate surface area is 166 Å². The maximum atomic E-state index is 12.8. The molecule has 0 radical (unpaired) electrons. The minimum absolute atomic E-state index is 0.0517. The number of nitrogens with one attached hydrogen (secondary N) is 3. The van der Waals surface area contributed by atoms with Crippen LogP contribution in [0, 0.1) is 11.3 Å². The first kappa shape index (κ1) is 21.4. The number of carbonyl (C=O) groups excluding carboxylic acids is 2. The number of nitrogens with zero attached hydrogens (tertiary/aromatic N) is 2. The van der Waals surface area contributed by atoms with Crippen LogP contribution in [0.1, 0.15) is 19.3 Å². The van der Waals surface area contributed by atoms with Crippen LogP contribution in [-0.4, -0.2) is 85.6 Å². The Bertz CT molecular complexity index is 662. The molecule has 3 fully saturated rings. The number of likely N-dealkylation sites (tertiary alicyclic amines) is 2. The van der Waals surface area contributed by atoms with E-state index in [2.05, 4.69) is 10.6 Å². The summed E-state index contributed by atoms with van der Waals surface area (Å²) in [5, 5.41) is 12.4. The van der Waals surface area contributed by atoms with E-state index in [1.807, 2.05) is 0 Å². The van der Waals surface area contributed by atoms with E-state index >= 15 is 0 Å². The predicted octanol–water partition coefficient (Wildman–Crippen LogP) is 1.09. The topological polar surface area (TPSA) is 97.8 Å². The van der Waals surface area contributed by atoms with Gasteiger partial charge in [-0.25, -0.2) is 4.79 Å². The van der Waals surface area contributed by atoms with Gasteiger partial charge in [-0.1, -0.05) is 0 Å². The average Bonchev–Trinajstić information content (AvgIpc) is 2.69. The van der Waals surface area contributed by atoms with Gasteiger partial charge in [0.1, 0.15) is 6.61 Å². The highest BCUT2D eigenvalue weighted by Gasteiger charge is 2.38. The van der Waals surface area contributed by atoms with E-state index < -0.39 is 11.7 Å². The summed E-state index contributed by atoms with van der Waals surface area (Å²) in [6.45, 7) is 2.51. The van der Waals surface area contributed by atoms with Crippen molar-refractivity contribution in [2.45, 2.75) is 37.6 Å². The maximum absolute atomic E-state index is 12.8. The van der Waals surface area contributed by atoms with Crippen molar-refractivity contribution in [1.29, 1.82) is 5.41 Å². The van der Waals surface area contributed by atoms with E-state index in [1.54, 1.807) is 9.80 Å². The van der Waals surface area contributed by atoms with Gasteiger partial charge in [-0.05, 0) is 25.2 Å². The molecule has 3 rings (SSSR count). The number of hydrogen-bond donors (Lipinski definition) is 3. The summed E-state index contributed by atoms with van der Waals surface area (Å²) in [4.78, 5) is 27.8. The summed E-state index contributed by atoms with van der Waals surface area (Å²) in [5.74, 6) is -0.00750. The maximum Gasteiger partial charge on any atom is 0.419 e. The molecule has 3 saturated heterocycles. The Morgan fingerprint density at radius 3 is 2.59 bits per heavy atom. The molecule has 29 heavy (non-hydrogen) atoms. The van der Waals surface area contributed by atoms with Crippen LogP contribution in [0.3, 0.4) is 0 Å². The third-order valence-electron chi connectivity index (χ3n) is 5.63. The molecule has 0 aromatic heterocycles. The molecule has 1 unspecified atom stereocenters. The highest BCUT2D eigenvalue weighted by Crippen LogP contribution is 2.24. The van der Waals surface area contributed by atoms with Crippen molar-refractivity contribution in [2.75, 3.05) is 39.3 Å². The molecule has 3 N–H and O–H groups in total. The van der Waals surface area contributed by atoms with Gasteiger partial charge < -0.3 is 30.6 Å². The van der Waals surface area contributed by atoms with Gasteiger partial charge in [0.25, 0.3) is 0 Å². The van der Waals surface area contributed by atoms with Crippen LogP contribution in [0.5, 0.6) is 0 Å². The molecule has 3 aliphatic heterocycles. The number of alkyl halides is 3. The second kappa shape index (κ2) is 9.02. The van der Waals surface area contributed by atoms with Crippen molar-refractivity contribution in [3.63, 3.8) is 0 Å². The normalized spacial score (nSPS) is 26.6. The molecule has 0 saturated carbocycles. The number of allylic oxidation sites excluding steroid dienone is 1. The van der Waals surface area contributed by atoms with E-state index in [-0.39, 0.29) is 42.8 Å². The highest BCUT2D eigenvalue weighted by molar-refractivity contribution is 5.79. The Hall–Kier alpha value is -2.30. The number of amides is 3. The molecule has 3 aliphatic rings. The van der Waals surface area contributed by atoms with Crippen LogP contribution < -0.4 is 10.6 Å². The summed E-state index contributed by atoms with van der Waals surface area (Å²) < 4.78 is 43.3. The fourth-order valence-corrected chi connectivity index (χ4v) is 3.94. The molecule has 11 heteroatoms. The predicted molar refractivity (Wildman–Crippen MR) is 98.5 cm³/mol. The van der Waals surface area contributed by atoms with E-state index in [0.717, 1.165) is 6.20 Å². The number of morpholine rings is 1. The second-order valence-electron chi connectivity index (χ2n) is 7.62. The van der Waals surface area contributed by atoms with Crippen molar-refractivity contribution in [3.05, 3.63) is 11.8 Å². The van der Waals surface area contributed by atoms with Gasteiger partial charge in [0, 0.05) is 45.1 Å². The summed E-state index contributed by atoms with van der Waals surface area (Å²) in [7, 11) is 0. The zero-order chi connectivity index (χ0) is 21.0. The molecule has 8 nitrogen and oxygen atoms in total. The van der Waals surface area contributed by atoms with Crippen LogP contribution in [0.15, 0.2) is 11.8 Å². The van der Waals surface area contributed by atoms with Gasteiger partial charge in [0.15, 0.2) is 0 Å². The molecule has 0 aliphatic carbocycles. The molecule has 0 spiro atoms. The van der Waals surface area contributed by atoms with Gasteiger partial charge in [0.05, 0.1) is 17.7 Å². The Kier molecular flexibility index (Phi) is 6.66. The van der Waals surface area contributed by atoms with E-state index in [0.29, 0.717) is 52.0 Å². The van der Waals surface area contributed by atoms with Crippen molar-refractivity contribution < 1.29 is 27.5 Å². The number of urea groups is 1. The first-order chi connectivity index (χ1) is 13.8. The van der Waals surface area contributed by atoms with Crippen LogP contribution in [-0.2, 0) is 9.53 Å². The Balaban J connectivity index is 1.43. The Morgan fingerprint density at radius 2 is 1.93 bits per heavy atom. The first-order valence-corrected chi connectivity index (χ1v) is 9.74. The zero-order valence-electron chi connectivity index (χ0n) is 16.0. The lowest BCUT2D eigenvalue weighted by atomic mass is 9.96. The fraction of sp³-hybridized carbons (Fsp3) is 0.722. The van der Waals surface area contributed by atoms with E-state index in [4.69, 9.17) is 10.1 Å². The lowest BCUT2D eigenvalue weighted by molar-refractivity contribution is -0.139. The molecule has 3 amide bonds. The number of carbonyl (C=O) groups is 2. The summed E-state index contributed by atoms with van der Waals surface area (Å²) in [6, 6.07) is -0.253. The number of halogens is 3. The summed E-state index contributed by atoms with van der Waals surface area (Å²) in [5.41, 5.74) is -1.02. The van der Waals surface area contributed by atoms with Crippen molar-refractivity contribution in [3.8, 4) is 0 Å². The minimum Gasteiger partial charge on any atom is -0.390 e. The van der Waals surface area contributed by atoms with E-state index in [1.165, 1.54) is 0 Å². The third-order valence-corrected chi connectivity index (χ3v) is 5.63. The van der Waals surface area contributed by atoms with Crippen LogP contribution in [0.25, 0.3) is 0 Å². The van der Waals surface area contributed by atoms with Gasteiger partial charge >= 0.3 is 12.2 Å². The number of piperidine rings is 2. The quantitative estimate of drug-likeness (QED) is 0.597. The molecule has 3 heterocycles. The minimum atomic E-state index is -4.54. The molecule has 0 bridgehead atoms. The lowest BCUT2D eigenvalue weighted by Crippen LogP contribution is -2.62. The molecule has 0 aromatic carbocycles. The zero-order valence-corrected chi connectivity index (χ0v) is 16.0. The molecular formula is C18H26F3N5O3. The average molecular weight is 417 g/mol. The summed E-state index contributed by atoms with van der Waals surface area (Å²) >= 11 is 0. The largest absolute Gasteiger partial charge is 0.419 e. The standard InChI is InChI=1S/C18H26F3N5O3/c19-18(20,21)13(7-22)9-23-8-12-1-4-25(5-2-12)17(28)26-6-3-15-14(10-26)24-16(27)11-29-15/h7,9,12,14-15,22-23H,1-6,8,10-11H2,(H,24,27)/b13-9+,22-7?/t14-,15?/m1/s1. The number of ether oxygens (including phenoxy) is 1. The first-order valence-electron chi connectivity index (χ1n) is 9.74. The smallest absolute Gasteiger partial charge is 0.390 e. The Morgan fingerprint density at radius 1 is 1.24 bits per heavy atom. The van der Waals surface area contributed by atoms with Crippen LogP contribution >= 0.6 is 0 Å². The van der Waals surface area contributed by atoms with Gasteiger partial charge in [0.2, 0.25) is 5.91 Å². The van der Waals surface area contributed by atoms with Crippen LogP contribution in [0.2, 0.25) is 0 Å². The lowest BCUT2D eigenvalue weighted by Gasteiger charge is -2.43. The van der Waals surface area contributed by atoms with Gasteiger partial charge in [-0.3, -0.25) is 4.79 Å². The number of rotatable bonds is 4. The molecule has 162 valence electrons. The van der Waals surface area contributed by atoms with E-state index in [9.17, 15) is 22.8 Å². The molecular weight excluding hydrogens is 391 g/mol.